The fraction of sp³-hybridized carbons (Fsp3) is 1.00. The molecule has 8 heavy (non-hydrogen) atoms. The zero-order valence-corrected chi connectivity index (χ0v) is 9.01. The highest BCUT2D eigenvalue weighted by molar-refractivity contribution is 7.09. The Hall–Kier alpha value is 0.394. The minimum atomic E-state index is -0.181. The van der Waals surface area contributed by atoms with Crippen LogP contribution >= 0.6 is 0 Å². The van der Waals surface area contributed by atoms with Gasteiger partial charge >= 0.3 is 0 Å². The second kappa shape index (κ2) is 4.29. The predicted molar refractivity (Wildman–Crippen MR) is 45.7 cm³/mol. The van der Waals surface area contributed by atoms with Crippen LogP contribution in [-0.4, -0.2) is 35.7 Å². The van der Waals surface area contributed by atoms with Crippen LogP contribution < -0.4 is 0 Å². The topological polar surface area (TPSA) is 3.24 Å². The first-order valence-electron chi connectivity index (χ1n) is 3.35. The van der Waals surface area contributed by atoms with Crippen molar-refractivity contribution < 1.29 is 0 Å². The van der Waals surface area contributed by atoms with Gasteiger partial charge in [0.1, 0.15) is 0 Å². The summed E-state index contributed by atoms with van der Waals surface area (Å²) >= 11 is 0. The molecule has 0 amide bonds. The Morgan fingerprint density at radius 2 is 2.00 bits per heavy atom. The van der Waals surface area contributed by atoms with E-state index < -0.39 is 0 Å². The number of hydrogen-bond acceptors (Lipinski definition) is 1. The molecule has 50 valence electrons. The highest BCUT2D eigenvalue weighted by atomic mass is 29.2. The van der Waals surface area contributed by atoms with Gasteiger partial charge in [-0.25, -0.2) is 0 Å². The largest absolute Gasteiger partial charge is 0.335 e. The molecule has 0 saturated heterocycles. The Kier molecular flexibility index (Phi) is 4.50. The summed E-state index contributed by atoms with van der Waals surface area (Å²) in [7, 11) is 2.31. The maximum atomic E-state index is 2.52. The molecule has 0 spiro atoms. The van der Waals surface area contributed by atoms with E-state index in [1.54, 1.807) is 0 Å². The van der Waals surface area contributed by atoms with Crippen LogP contribution in [0, 0.1) is 0 Å². The van der Waals surface area contributed by atoms with Crippen molar-refractivity contribution in [1.29, 1.82) is 0 Å². The molecule has 0 rings (SSSR count). The highest BCUT2D eigenvalue weighted by Crippen LogP contribution is 1.81. The molecule has 0 radical (unpaired) electrons. The molecule has 0 bridgehead atoms. The lowest BCUT2D eigenvalue weighted by Gasteiger charge is -2.14. The van der Waals surface area contributed by atoms with E-state index in [2.05, 4.69) is 31.6 Å². The van der Waals surface area contributed by atoms with Gasteiger partial charge in [-0.2, -0.15) is 0 Å². The second-order valence-electron chi connectivity index (χ2n) is 2.75. The first kappa shape index (κ1) is 8.39. The van der Waals surface area contributed by atoms with Crippen LogP contribution in [0.4, 0.5) is 0 Å². The third-order valence-corrected chi connectivity index (χ3v) is 7.08. The molecule has 0 N–H and O–H groups in total. The summed E-state index contributed by atoms with van der Waals surface area (Å²) in [6.07, 6.45) is 0. The third kappa shape index (κ3) is 4.55. The summed E-state index contributed by atoms with van der Waals surface area (Å²) in [4.78, 5) is 0. The lowest BCUT2D eigenvalue weighted by molar-refractivity contribution is 0.576. The monoisotopic (exact) mass is 147 g/mol. The summed E-state index contributed by atoms with van der Waals surface area (Å²) in [6, 6.07) is 0. The Labute approximate surface area is 56.4 Å². The number of nitrogens with zero attached hydrogens (tertiary/aromatic N) is 1. The SMILES string of the molecule is CCN(C)[SiH2][SiH](C)C. The molecule has 3 heteroatoms. The molecule has 0 aliphatic carbocycles. The van der Waals surface area contributed by atoms with Crippen LogP contribution in [0.2, 0.25) is 13.1 Å². The van der Waals surface area contributed by atoms with Crippen molar-refractivity contribution in [3.8, 4) is 0 Å². The molecule has 0 aliphatic rings. The van der Waals surface area contributed by atoms with E-state index in [-0.39, 0.29) is 17.5 Å². The summed E-state index contributed by atoms with van der Waals surface area (Å²) in [5, 5.41) is 0. The van der Waals surface area contributed by atoms with E-state index >= 15 is 0 Å². The van der Waals surface area contributed by atoms with Crippen molar-refractivity contribution in [3.63, 3.8) is 0 Å². The van der Waals surface area contributed by atoms with E-state index in [4.69, 9.17) is 0 Å². The van der Waals surface area contributed by atoms with Crippen LogP contribution in [0.1, 0.15) is 6.92 Å². The van der Waals surface area contributed by atoms with Gasteiger partial charge in [-0.15, -0.1) is 0 Å². The van der Waals surface area contributed by atoms with Crippen molar-refractivity contribution in [1.82, 2.24) is 4.57 Å². The lowest BCUT2D eigenvalue weighted by atomic mass is 10.8. The lowest BCUT2D eigenvalue weighted by Crippen LogP contribution is -2.32. The Balaban J connectivity index is 3.10. The van der Waals surface area contributed by atoms with Crippen LogP contribution in [0.3, 0.4) is 0 Å². The molecule has 0 aromatic rings. The van der Waals surface area contributed by atoms with Gasteiger partial charge < -0.3 is 4.57 Å². The Morgan fingerprint density at radius 1 is 1.50 bits per heavy atom. The van der Waals surface area contributed by atoms with E-state index in [0.29, 0.717) is 0 Å². The summed E-state index contributed by atoms with van der Waals surface area (Å²) in [6.45, 7) is 8.39. The summed E-state index contributed by atoms with van der Waals surface area (Å²) in [5.41, 5.74) is 0. The quantitative estimate of drug-likeness (QED) is 0.508. The van der Waals surface area contributed by atoms with Gasteiger partial charge in [0.05, 0.1) is 9.20 Å². The number of rotatable bonds is 3. The minimum Gasteiger partial charge on any atom is -0.335 e. The van der Waals surface area contributed by atoms with Crippen molar-refractivity contribution in [2.24, 2.45) is 0 Å². The molecular formula is C5H17NSi2. The zero-order valence-electron chi connectivity index (χ0n) is 6.44. The van der Waals surface area contributed by atoms with Crippen LogP contribution in [0.5, 0.6) is 0 Å². The zero-order chi connectivity index (χ0) is 6.57. The van der Waals surface area contributed by atoms with Gasteiger partial charge in [0.2, 0.25) is 0 Å². The molecule has 0 heterocycles. The third-order valence-electron chi connectivity index (χ3n) is 1.22. The van der Waals surface area contributed by atoms with Crippen molar-refractivity contribution in [2.45, 2.75) is 20.0 Å². The molecule has 0 atom stereocenters. The van der Waals surface area contributed by atoms with Gasteiger partial charge in [-0.3, -0.25) is 0 Å². The fourth-order valence-corrected chi connectivity index (χ4v) is 6.77. The Bertz CT molecular complexity index is 56.4. The van der Waals surface area contributed by atoms with E-state index in [1.807, 2.05) is 0 Å². The first-order chi connectivity index (χ1) is 3.66. The maximum Gasteiger partial charge on any atom is 0.0823 e. The Morgan fingerprint density at radius 3 is 2.12 bits per heavy atom. The molecule has 0 aromatic carbocycles. The normalized spacial score (nSPS) is 12.8. The smallest absolute Gasteiger partial charge is 0.0823 e. The minimum absolute atomic E-state index is 0.181. The van der Waals surface area contributed by atoms with Gasteiger partial charge in [0.25, 0.3) is 0 Å². The average molecular weight is 147 g/mol. The summed E-state index contributed by atoms with van der Waals surface area (Å²) < 4.78 is 2.52. The molecule has 0 aliphatic heterocycles. The van der Waals surface area contributed by atoms with E-state index in [1.165, 1.54) is 6.54 Å². The van der Waals surface area contributed by atoms with E-state index in [0.717, 1.165) is 0 Å². The fourth-order valence-electron chi connectivity index (χ4n) is 0.752. The summed E-state index contributed by atoms with van der Waals surface area (Å²) in [5.74, 6) is 0. The second-order valence-corrected chi connectivity index (χ2v) is 13.0. The van der Waals surface area contributed by atoms with Crippen LogP contribution in [0.25, 0.3) is 0 Å². The molecule has 0 fully saturated rings. The first-order valence-corrected chi connectivity index (χ1v) is 9.56. The predicted octanol–water partition coefficient (Wildman–Crippen LogP) is 0.00530. The standard InChI is InChI=1S/C5H17NSi2/c1-5-6(2)7-8(3)4/h8H,5,7H2,1-4H3. The molecule has 0 aromatic heterocycles. The molecular weight excluding hydrogens is 130 g/mol. The van der Waals surface area contributed by atoms with Crippen LogP contribution in [0.15, 0.2) is 0 Å². The van der Waals surface area contributed by atoms with Gasteiger partial charge in [-0.1, -0.05) is 20.0 Å². The number of hydrogen-bond donors (Lipinski definition) is 0. The van der Waals surface area contributed by atoms with Gasteiger partial charge in [0, 0.05) is 8.31 Å². The van der Waals surface area contributed by atoms with Crippen molar-refractivity contribution in [3.05, 3.63) is 0 Å². The molecule has 0 saturated carbocycles. The van der Waals surface area contributed by atoms with Crippen molar-refractivity contribution >= 4 is 17.5 Å². The van der Waals surface area contributed by atoms with Gasteiger partial charge in [0.15, 0.2) is 0 Å². The molecule has 0 unspecified atom stereocenters. The van der Waals surface area contributed by atoms with E-state index in [9.17, 15) is 0 Å². The molecule has 1 nitrogen and oxygen atoms in total. The van der Waals surface area contributed by atoms with Crippen LogP contribution in [-0.2, 0) is 0 Å². The van der Waals surface area contributed by atoms with Crippen molar-refractivity contribution in [2.75, 3.05) is 13.6 Å². The highest BCUT2D eigenvalue weighted by Gasteiger charge is 1.98. The van der Waals surface area contributed by atoms with Gasteiger partial charge in [-0.05, 0) is 13.6 Å². The maximum absolute atomic E-state index is 2.52. The average Bonchev–Trinajstić information content (AvgIpc) is 1.65.